The molecule has 2 aromatic rings. The van der Waals surface area contributed by atoms with Gasteiger partial charge in [-0.2, -0.15) is 8.42 Å². The van der Waals surface area contributed by atoms with Gasteiger partial charge in [0.2, 0.25) is 5.91 Å². The zero-order valence-electron chi connectivity index (χ0n) is 20.8. The minimum atomic E-state index is -3.52. The zero-order chi connectivity index (χ0) is 25.5. The van der Waals surface area contributed by atoms with Gasteiger partial charge in [0.1, 0.15) is 11.6 Å². The maximum atomic E-state index is 13.3. The number of hydrogen-bond acceptors (Lipinski definition) is 5. The van der Waals surface area contributed by atoms with E-state index >= 15 is 0 Å². The van der Waals surface area contributed by atoms with Crippen LogP contribution in [-0.2, 0) is 27.8 Å². The number of rotatable bonds is 8. The van der Waals surface area contributed by atoms with E-state index in [-0.39, 0.29) is 17.8 Å². The van der Waals surface area contributed by atoms with Gasteiger partial charge in [0.05, 0.1) is 6.26 Å². The first-order valence-electron chi connectivity index (χ1n) is 12.7. The monoisotopic (exact) mass is 514 g/mol. The number of carbonyl (C=O) groups is 1. The van der Waals surface area contributed by atoms with Crippen molar-refractivity contribution in [3.05, 3.63) is 71.0 Å². The van der Waals surface area contributed by atoms with Gasteiger partial charge in [-0.25, -0.2) is 4.39 Å². The summed E-state index contributed by atoms with van der Waals surface area (Å²) in [6.45, 7) is 3.01. The highest BCUT2D eigenvalue weighted by Gasteiger charge is 2.23. The molecule has 1 fully saturated rings. The average Bonchev–Trinajstić information content (AvgIpc) is 3.03. The lowest BCUT2D eigenvalue weighted by atomic mass is 9.84. The number of carbonyl (C=O) groups excluding carboxylic acids is 1. The van der Waals surface area contributed by atoms with Gasteiger partial charge in [0.15, 0.2) is 0 Å². The summed E-state index contributed by atoms with van der Waals surface area (Å²) in [6.07, 6.45) is 11.4. The smallest absolute Gasteiger partial charge is 0.306 e. The fourth-order valence-corrected chi connectivity index (χ4v) is 5.64. The van der Waals surface area contributed by atoms with E-state index in [0.717, 1.165) is 70.8 Å². The molecule has 0 unspecified atom stereocenters. The Balaban J connectivity index is 1.17. The highest BCUT2D eigenvalue weighted by molar-refractivity contribution is 7.86. The van der Waals surface area contributed by atoms with Crippen LogP contribution in [-0.4, -0.2) is 51.2 Å². The van der Waals surface area contributed by atoms with Crippen molar-refractivity contribution < 1.29 is 21.8 Å². The van der Waals surface area contributed by atoms with Crippen molar-refractivity contribution in [1.29, 1.82) is 0 Å². The van der Waals surface area contributed by atoms with Gasteiger partial charge in [0, 0.05) is 25.2 Å². The molecule has 0 spiro atoms. The zero-order valence-corrected chi connectivity index (χ0v) is 21.6. The summed E-state index contributed by atoms with van der Waals surface area (Å²) in [5.41, 5.74) is 3.11. The molecule has 1 aliphatic heterocycles. The molecule has 0 atom stereocenters. The van der Waals surface area contributed by atoms with Crippen LogP contribution in [0.4, 0.5) is 4.39 Å². The molecule has 4 rings (SSSR count). The third kappa shape index (κ3) is 8.17. The van der Waals surface area contributed by atoms with Crippen LogP contribution < -0.4 is 9.50 Å². The third-order valence-electron chi connectivity index (χ3n) is 7.14. The summed E-state index contributed by atoms with van der Waals surface area (Å²) in [7, 11) is -3.52. The van der Waals surface area contributed by atoms with Gasteiger partial charge in [-0.15, -0.1) is 0 Å². The van der Waals surface area contributed by atoms with Crippen LogP contribution in [0.15, 0.2) is 48.5 Å². The van der Waals surface area contributed by atoms with Crippen LogP contribution in [0.1, 0.15) is 48.8 Å². The van der Waals surface area contributed by atoms with Crippen molar-refractivity contribution in [2.75, 3.05) is 25.9 Å². The van der Waals surface area contributed by atoms with Crippen LogP contribution in [0.3, 0.4) is 0 Å². The van der Waals surface area contributed by atoms with E-state index in [1.54, 1.807) is 24.3 Å². The number of halogens is 1. The average molecular weight is 515 g/mol. The standard InChI is InChI=1S/C28H35FN2O4S/c1-36(33,34)35-27-11-8-23-14-17-31(18-15-24(23)20-27)16-13-21-5-9-26(10-6-21)30-28(32)12-7-22-3-2-4-25(29)19-22/h2-4,7-8,11-12,19-21,26H,5-6,9-10,13-18H2,1H3,(H,30,32)/b12-7+. The van der Waals surface area contributed by atoms with Gasteiger partial charge in [0.25, 0.3) is 0 Å². The van der Waals surface area contributed by atoms with E-state index in [0.29, 0.717) is 17.2 Å². The van der Waals surface area contributed by atoms with E-state index in [4.69, 9.17) is 4.18 Å². The highest BCUT2D eigenvalue weighted by atomic mass is 32.2. The second-order valence-electron chi connectivity index (χ2n) is 9.96. The summed E-state index contributed by atoms with van der Waals surface area (Å²) in [5.74, 6) is 0.616. The van der Waals surface area contributed by atoms with E-state index in [9.17, 15) is 17.6 Å². The molecule has 6 nitrogen and oxygen atoms in total. The Labute approximate surface area is 213 Å². The van der Waals surface area contributed by atoms with Crippen molar-refractivity contribution in [2.24, 2.45) is 5.92 Å². The number of amides is 1. The minimum absolute atomic E-state index is 0.128. The van der Waals surface area contributed by atoms with Crippen molar-refractivity contribution >= 4 is 22.1 Å². The van der Waals surface area contributed by atoms with Crippen LogP contribution >= 0.6 is 0 Å². The first kappa shape index (κ1) is 26.4. The Morgan fingerprint density at radius 3 is 2.56 bits per heavy atom. The van der Waals surface area contributed by atoms with Crippen LogP contribution in [0.25, 0.3) is 6.08 Å². The quantitative estimate of drug-likeness (QED) is 0.419. The summed E-state index contributed by atoms with van der Waals surface area (Å²) in [4.78, 5) is 14.8. The van der Waals surface area contributed by atoms with E-state index in [1.165, 1.54) is 29.3 Å². The number of fused-ring (bicyclic) bond motifs is 1. The predicted octanol–water partition coefficient (Wildman–Crippen LogP) is 4.34. The molecule has 194 valence electrons. The largest absolute Gasteiger partial charge is 0.383 e. The molecule has 2 aromatic carbocycles. The Bertz CT molecular complexity index is 1190. The lowest BCUT2D eigenvalue weighted by Gasteiger charge is -2.30. The molecule has 1 aliphatic carbocycles. The second-order valence-corrected chi connectivity index (χ2v) is 11.5. The first-order valence-corrected chi connectivity index (χ1v) is 14.5. The summed E-state index contributed by atoms with van der Waals surface area (Å²) >= 11 is 0. The summed E-state index contributed by atoms with van der Waals surface area (Å²) < 4.78 is 41.2. The minimum Gasteiger partial charge on any atom is -0.383 e. The molecular weight excluding hydrogens is 479 g/mol. The summed E-state index contributed by atoms with van der Waals surface area (Å²) in [6, 6.07) is 12.0. The van der Waals surface area contributed by atoms with Gasteiger partial charge < -0.3 is 14.4 Å². The molecule has 0 aromatic heterocycles. The molecule has 1 saturated carbocycles. The fraction of sp³-hybridized carbons (Fsp3) is 0.464. The summed E-state index contributed by atoms with van der Waals surface area (Å²) in [5, 5.41) is 3.09. The van der Waals surface area contributed by atoms with Gasteiger partial charge in [-0.1, -0.05) is 18.2 Å². The van der Waals surface area contributed by atoms with Gasteiger partial charge in [-0.3, -0.25) is 4.79 Å². The molecule has 36 heavy (non-hydrogen) atoms. The maximum Gasteiger partial charge on any atom is 0.306 e. The van der Waals surface area contributed by atoms with Crippen molar-refractivity contribution in [2.45, 2.75) is 51.0 Å². The lowest BCUT2D eigenvalue weighted by molar-refractivity contribution is -0.117. The normalized spacial score (nSPS) is 21.1. The topological polar surface area (TPSA) is 75.7 Å². The van der Waals surface area contributed by atoms with Crippen LogP contribution in [0, 0.1) is 11.7 Å². The maximum absolute atomic E-state index is 13.3. The lowest BCUT2D eigenvalue weighted by Crippen LogP contribution is -2.37. The van der Waals surface area contributed by atoms with Crippen LogP contribution in [0.5, 0.6) is 5.75 Å². The predicted molar refractivity (Wildman–Crippen MR) is 140 cm³/mol. The molecular formula is C28H35FN2O4S. The molecule has 1 heterocycles. The first-order chi connectivity index (χ1) is 17.2. The third-order valence-corrected chi connectivity index (χ3v) is 7.64. The van der Waals surface area contributed by atoms with Crippen LogP contribution in [0.2, 0.25) is 0 Å². The Morgan fingerprint density at radius 2 is 1.83 bits per heavy atom. The molecule has 1 amide bonds. The molecule has 0 radical (unpaired) electrons. The van der Waals surface area contributed by atoms with Gasteiger partial charge >= 0.3 is 10.1 Å². The number of hydrogen-bond donors (Lipinski definition) is 1. The van der Waals surface area contributed by atoms with Crippen molar-refractivity contribution in [1.82, 2.24) is 10.2 Å². The van der Waals surface area contributed by atoms with Gasteiger partial charge in [-0.05, 0) is 104 Å². The number of nitrogens with zero attached hydrogens (tertiary/aromatic N) is 1. The van der Waals surface area contributed by atoms with E-state index in [2.05, 4.69) is 10.2 Å². The molecule has 0 bridgehead atoms. The van der Waals surface area contributed by atoms with Crippen molar-refractivity contribution in [3.63, 3.8) is 0 Å². The fourth-order valence-electron chi connectivity index (χ4n) is 5.19. The van der Waals surface area contributed by atoms with E-state index in [1.807, 2.05) is 12.1 Å². The number of nitrogens with one attached hydrogen (secondary N) is 1. The highest BCUT2D eigenvalue weighted by Crippen LogP contribution is 2.28. The molecule has 1 N–H and O–H groups in total. The Hall–Kier alpha value is -2.71. The van der Waals surface area contributed by atoms with Crippen molar-refractivity contribution in [3.8, 4) is 5.75 Å². The molecule has 0 saturated heterocycles. The number of benzene rings is 2. The Morgan fingerprint density at radius 1 is 1.08 bits per heavy atom. The van der Waals surface area contributed by atoms with E-state index < -0.39 is 10.1 Å². The SMILES string of the molecule is CS(=O)(=O)Oc1ccc2c(c1)CCN(CCC1CCC(NC(=O)/C=C/c3cccc(F)c3)CC1)CC2. The molecule has 8 heteroatoms. The second kappa shape index (κ2) is 12.0. The Kier molecular flexibility index (Phi) is 8.80. The molecule has 2 aliphatic rings.